The first-order valence-corrected chi connectivity index (χ1v) is 4.85. The molecule has 0 aliphatic rings. The van der Waals surface area contributed by atoms with Crippen LogP contribution in [0.3, 0.4) is 0 Å². The summed E-state index contributed by atoms with van der Waals surface area (Å²) < 4.78 is 48.2. The third-order valence-electron chi connectivity index (χ3n) is 2.05. The Morgan fingerprint density at radius 3 is 2.29 bits per heavy atom. The summed E-state index contributed by atoms with van der Waals surface area (Å²) in [5.41, 5.74) is -0.491. The van der Waals surface area contributed by atoms with Crippen LogP contribution >= 0.6 is 0 Å². The topological polar surface area (TPSA) is 18.5 Å². The number of aryl methyl sites for hydroxylation is 1. The van der Waals surface area contributed by atoms with E-state index in [1.54, 1.807) is 6.92 Å². The summed E-state index contributed by atoms with van der Waals surface area (Å²) in [5, 5.41) is 0. The molecule has 0 bridgehead atoms. The Morgan fingerprint density at radius 2 is 1.88 bits per heavy atom. The Bertz CT molecular complexity index is 436. The van der Waals surface area contributed by atoms with Gasteiger partial charge in [0.05, 0.1) is 12.9 Å². The van der Waals surface area contributed by atoms with E-state index in [4.69, 9.17) is 9.47 Å². The number of rotatable bonds is 3. The maximum atomic E-state index is 12.8. The van der Waals surface area contributed by atoms with Crippen molar-refractivity contribution in [2.45, 2.75) is 20.0 Å². The molecule has 0 heterocycles. The summed E-state index contributed by atoms with van der Waals surface area (Å²) in [5.74, 6) is 0.234. The van der Waals surface area contributed by atoms with Gasteiger partial charge in [-0.2, -0.15) is 13.2 Å². The van der Waals surface area contributed by atoms with Crippen molar-refractivity contribution >= 4 is 0 Å². The molecule has 0 N–H and O–H groups in total. The van der Waals surface area contributed by atoms with Crippen molar-refractivity contribution in [2.75, 3.05) is 7.11 Å². The molecule has 94 valence electrons. The Kier molecular flexibility index (Phi) is 3.70. The van der Waals surface area contributed by atoms with Crippen molar-refractivity contribution in [3.63, 3.8) is 0 Å². The summed E-state index contributed by atoms with van der Waals surface area (Å²) >= 11 is 0. The normalized spacial score (nSPS) is 11.2. The average Bonchev–Trinajstić information content (AvgIpc) is 2.14. The monoisotopic (exact) mass is 246 g/mol. The minimum Gasteiger partial charge on any atom is -0.496 e. The molecular weight excluding hydrogens is 233 g/mol. The third kappa shape index (κ3) is 3.15. The highest BCUT2D eigenvalue weighted by Gasteiger charge is 2.35. The molecule has 5 heteroatoms. The molecule has 0 radical (unpaired) electrons. The van der Waals surface area contributed by atoms with Crippen LogP contribution in [0, 0.1) is 6.92 Å². The van der Waals surface area contributed by atoms with E-state index in [0.29, 0.717) is 11.3 Å². The summed E-state index contributed by atoms with van der Waals surface area (Å²) in [6.45, 7) is 6.57. The molecule has 1 aromatic rings. The van der Waals surface area contributed by atoms with Crippen LogP contribution in [0.4, 0.5) is 13.2 Å². The zero-order valence-corrected chi connectivity index (χ0v) is 9.81. The van der Waals surface area contributed by atoms with E-state index in [-0.39, 0.29) is 11.5 Å². The highest BCUT2D eigenvalue weighted by atomic mass is 19.4. The summed E-state index contributed by atoms with van der Waals surface area (Å²) in [6.07, 6.45) is -4.48. The molecule has 0 saturated heterocycles. The number of benzene rings is 1. The molecule has 0 aliphatic heterocycles. The molecule has 2 nitrogen and oxygen atoms in total. The lowest BCUT2D eigenvalue weighted by Gasteiger charge is -2.16. The smallest absolute Gasteiger partial charge is 0.420 e. The molecule has 0 unspecified atom stereocenters. The quantitative estimate of drug-likeness (QED) is 0.752. The predicted octanol–water partition coefficient (Wildman–Crippen LogP) is 3.93. The van der Waals surface area contributed by atoms with Gasteiger partial charge in [-0.1, -0.05) is 6.58 Å². The van der Waals surface area contributed by atoms with E-state index in [2.05, 4.69) is 6.58 Å². The fourth-order valence-electron chi connectivity index (χ4n) is 1.48. The fraction of sp³-hybridized carbons (Fsp3) is 0.333. The van der Waals surface area contributed by atoms with Gasteiger partial charge in [-0.25, -0.2) is 0 Å². The van der Waals surface area contributed by atoms with Crippen molar-refractivity contribution in [3.8, 4) is 11.5 Å². The van der Waals surface area contributed by atoms with Crippen LogP contribution in [0.25, 0.3) is 0 Å². The maximum Gasteiger partial charge on any atom is 0.420 e. The first-order chi connectivity index (χ1) is 7.75. The van der Waals surface area contributed by atoms with Gasteiger partial charge >= 0.3 is 6.18 Å². The van der Waals surface area contributed by atoms with E-state index in [1.807, 2.05) is 0 Å². The number of ether oxygens (including phenoxy) is 2. The van der Waals surface area contributed by atoms with Crippen molar-refractivity contribution < 1.29 is 22.6 Å². The Hall–Kier alpha value is -1.65. The molecule has 1 aromatic carbocycles. The lowest BCUT2D eigenvalue weighted by Crippen LogP contribution is -2.09. The van der Waals surface area contributed by atoms with Gasteiger partial charge in [0.15, 0.2) is 0 Å². The Balaban J connectivity index is 3.34. The van der Waals surface area contributed by atoms with Crippen molar-refractivity contribution in [1.29, 1.82) is 0 Å². The van der Waals surface area contributed by atoms with Crippen LogP contribution in [0.15, 0.2) is 24.5 Å². The SMILES string of the molecule is C=C(C)Oc1cc(C)c(OC)c(C(F)(F)F)c1. The number of methoxy groups -OCH3 is 1. The van der Waals surface area contributed by atoms with Crippen LogP contribution < -0.4 is 9.47 Å². The van der Waals surface area contributed by atoms with Gasteiger partial charge in [0, 0.05) is 0 Å². The van der Waals surface area contributed by atoms with Crippen LogP contribution in [0.1, 0.15) is 18.1 Å². The number of alkyl halides is 3. The minimum absolute atomic E-state index is 0.100. The second kappa shape index (κ2) is 4.69. The molecule has 0 amide bonds. The minimum atomic E-state index is -4.48. The molecule has 0 atom stereocenters. The lowest BCUT2D eigenvalue weighted by molar-refractivity contribution is -0.138. The predicted molar refractivity (Wildman–Crippen MR) is 58.2 cm³/mol. The van der Waals surface area contributed by atoms with Gasteiger partial charge in [0.2, 0.25) is 0 Å². The highest BCUT2D eigenvalue weighted by molar-refractivity contribution is 5.48. The van der Waals surface area contributed by atoms with Crippen LogP contribution in [-0.4, -0.2) is 7.11 Å². The van der Waals surface area contributed by atoms with Crippen molar-refractivity contribution in [2.24, 2.45) is 0 Å². The van der Waals surface area contributed by atoms with E-state index in [9.17, 15) is 13.2 Å². The van der Waals surface area contributed by atoms with Crippen LogP contribution in [0.5, 0.6) is 11.5 Å². The molecule has 0 aromatic heterocycles. The standard InChI is InChI=1S/C12H13F3O2/c1-7(2)17-9-5-8(3)11(16-4)10(6-9)12(13,14)15/h5-6H,1H2,2-4H3. The number of halogens is 3. The number of hydrogen-bond acceptors (Lipinski definition) is 2. The molecule has 0 aliphatic carbocycles. The third-order valence-corrected chi connectivity index (χ3v) is 2.05. The molecule has 1 rings (SSSR count). The average molecular weight is 246 g/mol. The zero-order chi connectivity index (χ0) is 13.2. The second-order valence-electron chi connectivity index (χ2n) is 3.62. The number of allylic oxidation sites excluding steroid dienone is 1. The van der Waals surface area contributed by atoms with E-state index in [1.165, 1.54) is 20.1 Å². The Labute approximate surface area is 97.7 Å². The van der Waals surface area contributed by atoms with Gasteiger partial charge in [-0.05, 0) is 31.5 Å². The van der Waals surface area contributed by atoms with E-state index in [0.717, 1.165) is 6.07 Å². The van der Waals surface area contributed by atoms with E-state index < -0.39 is 11.7 Å². The van der Waals surface area contributed by atoms with Crippen molar-refractivity contribution in [1.82, 2.24) is 0 Å². The van der Waals surface area contributed by atoms with Gasteiger partial charge in [0.1, 0.15) is 17.1 Å². The first kappa shape index (κ1) is 13.4. The summed E-state index contributed by atoms with van der Waals surface area (Å²) in [7, 11) is 1.21. The van der Waals surface area contributed by atoms with Crippen molar-refractivity contribution in [3.05, 3.63) is 35.6 Å². The maximum absolute atomic E-state index is 12.8. The van der Waals surface area contributed by atoms with Gasteiger partial charge in [-0.15, -0.1) is 0 Å². The molecular formula is C12H13F3O2. The van der Waals surface area contributed by atoms with Crippen LogP contribution in [-0.2, 0) is 6.18 Å². The van der Waals surface area contributed by atoms with E-state index >= 15 is 0 Å². The molecule has 0 fully saturated rings. The van der Waals surface area contributed by atoms with Crippen LogP contribution in [0.2, 0.25) is 0 Å². The first-order valence-electron chi connectivity index (χ1n) is 4.85. The second-order valence-corrected chi connectivity index (χ2v) is 3.62. The molecule has 17 heavy (non-hydrogen) atoms. The molecule has 0 spiro atoms. The zero-order valence-electron chi connectivity index (χ0n) is 9.81. The number of hydrogen-bond donors (Lipinski definition) is 0. The highest BCUT2D eigenvalue weighted by Crippen LogP contribution is 2.40. The van der Waals surface area contributed by atoms with Gasteiger partial charge < -0.3 is 9.47 Å². The van der Waals surface area contributed by atoms with Gasteiger partial charge in [-0.3, -0.25) is 0 Å². The summed E-state index contributed by atoms with van der Waals surface area (Å²) in [4.78, 5) is 0. The lowest BCUT2D eigenvalue weighted by atomic mass is 10.1. The Morgan fingerprint density at radius 1 is 1.29 bits per heavy atom. The fourth-order valence-corrected chi connectivity index (χ4v) is 1.48. The summed E-state index contributed by atoms with van der Waals surface area (Å²) in [6, 6.07) is 2.38. The largest absolute Gasteiger partial charge is 0.496 e. The van der Waals surface area contributed by atoms with Gasteiger partial charge in [0.25, 0.3) is 0 Å². The molecule has 0 saturated carbocycles.